The molecule has 0 unspecified atom stereocenters. The predicted molar refractivity (Wildman–Crippen MR) is 90.5 cm³/mol. The van der Waals surface area contributed by atoms with Gasteiger partial charge < -0.3 is 0 Å². The molecule has 4 bridgehead atoms. The second-order valence-electron chi connectivity index (χ2n) is 7.87. The predicted octanol–water partition coefficient (Wildman–Crippen LogP) is 5.69. The zero-order valence-electron chi connectivity index (χ0n) is 13.0. The first-order valence-corrected chi connectivity index (χ1v) is 8.93. The summed E-state index contributed by atoms with van der Waals surface area (Å²) in [6, 6.07) is 20.9. The van der Waals surface area contributed by atoms with Gasteiger partial charge in [0.1, 0.15) is 0 Å². The van der Waals surface area contributed by atoms with Gasteiger partial charge in [0.25, 0.3) is 0 Å². The van der Waals surface area contributed by atoms with E-state index in [1.54, 1.807) is 12.0 Å². The van der Waals surface area contributed by atoms with Gasteiger partial charge in [-0.3, -0.25) is 0 Å². The van der Waals surface area contributed by atoms with Gasteiger partial charge in [0.2, 0.25) is 0 Å². The van der Waals surface area contributed by atoms with Crippen molar-refractivity contribution in [2.45, 2.75) is 38.0 Å². The molecule has 4 aliphatic carbocycles. The van der Waals surface area contributed by atoms with Crippen molar-refractivity contribution in [2.24, 2.45) is 23.7 Å². The molecule has 0 N–H and O–H groups in total. The first-order chi connectivity index (χ1) is 10.9. The van der Waals surface area contributed by atoms with Crippen LogP contribution < -0.4 is 0 Å². The minimum atomic E-state index is 0.853. The molecule has 2 aromatic carbocycles. The summed E-state index contributed by atoms with van der Waals surface area (Å²) in [6.45, 7) is 0. The largest absolute Gasteiger partial charge is 0.0581 e. The van der Waals surface area contributed by atoms with Crippen LogP contribution in [0, 0.1) is 29.7 Å². The molecule has 111 valence electrons. The maximum atomic E-state index is 3.10. The van der Waals surface area contributed by atoms with Gasteiger partial charge in [0.15, 0.2) is 0 Å². The first-order valence-electron chi connectivity index (χ1n) is 8.93. The monoisotopic (exact) mass is 287 g/mol. The van der Waals surface area contributed by atoms with Gasteiger partial charge >= 0.3 is 0 Å². The third kappa shape index (κ3) is 2.04. The van der Waals surface area contributed by atoms with Crippen molar-refractivity contribution in [3.05, 3.63) is 60.2 Å². The van der Waals surface area contributed by atoms with Gasteiger partial charge in [0.05, 0.1) is 0 Å². The average molecular weight is 287 g/mol. The molecular weight excluding hydrogens is 264 g/mol. The third-order valence-electron chi connectivity index (χ3n) is 6.57. The van der Waals surface area contributed by atoms with Gasteiger partial charge in [-0.05, 0) is 84.5 Å². The fourth-order valence-electron chi connectivity index (χ4n) is 5.95. The SMILES string of the molecule is [c]1ccc(-c2ccc(C3C4CC5CC(C4)CC3C5)cc2)cc1. The van der Waals surface area contributed by atoms with Crippen molar-refractivity contribution in [2.75, 3.05) is 0 Å². The van der Waals surface area contributed by atoms with Crippen LogP contribution in [0.15, 0.2) is 48.5 Å². The smallest absolute Gasteiger partial charge is 0.0105 e. The van der Waals surface area contributed by atoms with E-state index in [1.807, 2.05) is 12.1 Å². The van der Waals surface area contributed by atoms with E-state index in [9.17, 15) is 0 Å². The van der Waals surface area contributed by atoms with E-state index >= 15 is 0 Å². The minimum Gasteiger partial charge on any atom is -0.0581 e. The topological polar surface area (TPSA) is 0 Å². The molecule has 4 saturated carbocycles. The maximum absolute atomic E-state index is 3.10. The normalized spacial score (nSPS) is 35.7. The molecule has 0 amide bonds. The van der Waals surface area contributed by atoms with E-state index in [0.29, 0.717) is 0 Å². The van der Waals surface area contributed by atoms with Crippen LogP contribution in [0.4, 0.5) is 0 Å². The summed E-state index contributed by atoms with van der Waals surface area (Å²) >= 11 is 0. The van der Waals surface area contributed by atoms with Crippen LogP contribution in [-0.2, 0) is 0 Å². The summed E-state index contributed by atoms with van der Waals surface area (Å²) < 4.78 is 0. The molecule has 0 nitrogen and oxygen atoms in total. The lowest BCUT2D eigenvalue weighted by atomic mass is 9.51. The second-order valence-corrected chi connectivity index (χ2v) is 7.87. The van der Waals surface area contributed by atoms with Crippen molar-refractivity contribution in [1.29, 1.82) is 0 Å². The highest BCUT2D eigenvalue weighted by molar-refractivity contribution is 5.63. The van der Waals surface area contributed by atoms with Crippen molar-refractivity contribution in [3.8, 4) is 11.1 Å². The molecule has 0 aromatic heterocycles. The van der Waals surface area contributed by atoms with Crippen LogP contribution in [0.5, 0.6) is 0 Å². The molecule has 0 aliphatic heterocycles. The molecule has 0 spiro atoms. The van der Waals surface area contributed by atoms with Crippen LogP contribution in [0.2, 0.25) is 0 Å². The Morgan fingerprint density at radius 3 is 1.77 bits per heavy atom. The van der Waals surface area contributed by atoms with E-state index in [-0.39, 0.29) is 0 Å². The Morgan fingerprint density at radius 1 is 0.636 bits per heavy atom. The minimum absolute atomic E-state index is 0.853. The highest BCUT2D eigenvalue weighted by Gasteiger charge is 2.48. The van der Waals surface area contributed by atoms with Crippen molar-refractivity contribution in [3.63, 3.8) is 0 Å². The van der Waals surface area contributed by atoms with Gasteiger partial charge in [-0.15, -0.1) is 0 Å². The lowest BCUT2D eigenvalue weighted by molar-refractivity contribution is -0.00277. The molecule has 4 aliphatic rings. The number of rotatable bonds is 2. The lowest BCUT2D eigenvalue weighted by Gasteiger charge is -2.54. The van der Waals surface area contributed by atoms with Crippen molar-refractivity contribution >= 4 is 0 Å². The molecule has 6 rings (SSSR count). The van der Waals surface area contributed by atoms with Gasteiger partial charge in [0, 0.05) is 0 Å². The Hall–Kier alpha value is -1.56. The molecule has 4 fully saturated rings. The first kappa shape index (κ1) is 12.9. The Bertz CT molecular complexity index is 624. The summed E-state index contributed by atoms with van der Waals surface area (Å²) in [4.78, 5) is 0. The standard InChI is InChI=1S/C22H23/c1-2-4-17(5-3-1)18-6-8-19(9-7-18)22-20-11-15-10-16(13-20)14-21(22)12-15/h2-9,15-16,20-22H,10-14H2. The van der Waals surface area contributed by atoms with Crippen LogP contribution in [0.25, 0.3) is 11.1 Å². The molecule has 0 atom stereocenters. The highest BCUT2D eigenvalue weighted by atomic mass is 14.5. The van der Waals surface area contributed by atoms with Gasteiger partial charge in [-0.1, -0.05) is 48.5 Å². The summed E-state index contributed by atoms with van der Waals surface area (Å²) in [5.41, 5.74) is 4.25. The Labute approximate surface area is 133 Å². The molecule has 0 heterocycles. The third-order valence-corrected chi connectivity index (χ3v) is 6.57. The average Bonchev–Trinajstić information content (AvgIpc) is 2.55. The molecular formula is C22H23. The van der Waals surface area contributed by atoms with E-state index in [4.69, 9.17) is 0 Å². The van der Waals surface area contributed by atoms with Crippen LogP contribution >= 0.6 is 0 Å². The van der Waals surface area contributed by atoms with Crippen LogP contribution in [-0.4, -0.2) is 0 Å². The fraction of sp³-hybridized carbons (Fsp3) is 0.455. The molecule has 1 radical (unpaired) electrons. The Balaban J connectivity index is 1.44. The fourth-order valence-corrected chi connectivity index (χ4v) is 5.95. The molecule has 0 saturated heterocycles. The lowest BCUT2D eigenvalue weighted by Crippen LogP contribution is -2.43. The molecule has 22 heavy (non-hydrogen) atoms. The second kappa shape index (κ2) is 4.98. The van der Waals surface area contributed by atoms with E-state index < -0.39 is 0 Å². The summed E-state index contributed by atoms with van der Waals surface area (Å²) in [7, 11) is 0. The van der Waals surface area contributed by atoms with E-state index in [0.717, 1.165) is 29.6 Å². The van der Waals surface area contributed by atoms with Crippen molar-refractivity contribution < 1.29 is 0 Å². The van der Waals surface area contributed by atoms with Crippen LogP contribution in [0.3, 0.4) is 0 Å². The zero-order chi connectivity index (χ0) is 14.5. The van der Waals surface area contributed by atoms with Gasteiger partial charge in [-0.25, -0.2) is 0 Å². The quantitative estimate of drug-likeness (QED) is 0.665. The Morgan fingerprint density at radius 2 is 1.18 bits per heavy atom. The summed E-state index contributed by atoms with van der Waals surface area (Å²) in [5.74, 6) is 4.95. The van der Waals surface area contributed by atoms with Gasteiger partial charge in [-0.2, -0.15) is 0 Å². The summed E-state index contributed by atoms with van der Waals surface area (Å²) in [5, 5.41) is 0. The number of hydrogen-bond acceptors (Lipinski definition) is 0. The van der Waals surface area contributed by atoms with E-state index in [1.165, 1.54) is 36.8 Å². The maximum Gasteiger partial charge on any atom is -0.0105 e. The number of hydrogen-bond donors (Lipinski definition) is 0. The number of benzene rings is 2. The summed E-state index contributed by atoms with van der Waals surface area (Å²) in [6.07, 6.45) is 7.58. The molecule has 2 aromatic rings. The Kier molecular flexibility index (Phi) is 2.93. The highest BCUT2D eigenvalue weighted by Crippen LogP contribution is 2.59. The zero-order valence-corrected chi connectivity index (χ0v) is 13.0. The van der Waals surface area contributed by atoms with Crippen molar-refractivity contribution in [1.82, 2.24) is 0 Å². The molecule has 0 heteroatoms. The van der Waals surface area contributed by atoms with E-state index in [2.05, 4.69) is 42.5 Å². The van der Waals surface area contributed by atoms with Crippen LogP contribution in [0.1, 0.15) is 43.6 Å².